The standard InChI is InChI=1S/C11H11NO4S/c1-2-17(15,16)7-3-4-10-8(5-7)9(6-12-10)11(13)14/h3-6,12H,2H2,1H3,(H,13,14). The summed E-state index contributed by atoms with van der Waals surface area (Å²) in [6, 6.07) is 4.45. The van der Waals surface area contributed by atoms with E-state index in [4.69, 9.17) is 5.11 Å². The molecule has 0 atom stereocenters. The molecule has 90 valence electrons. The molecule has 0 spiro atoms. The third kappa shape index (κ3) is 1.91. The lowest BCUT2D eigenvalue weighted by atomic mass is 10.2. The largest absolute Gasteiger partial charge is 0.478 e. The lowest BCUT2D eigenvalue weighted by Crippen LogP contribution is -2.03. The maximum Gasteiger partial charge on any atom is 0.337 e. The van der Waals surface area contributed by atoms with Gasteiger partial charge in [-0.05, 0) is 18.2 Å². The minimum atomic E-state index is -3.32. The number of carboxylic acid groups (broad SMARTS) is 1. The van der Waals surface area contributed by atoms with Crippen LogP contribution >= 0.6 is 0 Å². The van der Waals surface area contributed by atoms with Crippen LogP contribution in [0.4, 0.5) is 0 Å². The van der Waals surface area contributed by atoms with Gasteiger partial charge in [-0.15, -0.1) is 0 Å². The molecule has 0 saturated carbocycles. The fraction of sp³-hybridized carbons (Fsp3) is 0.182. The third-order valence-corrected chi connectivity index (χ3v) is 4.36. The Kier molecular flexibility index (Phi) is 2.66. The highest BCUT2D eigenvalue weighted by Gasteiger charge is 2.16. The van der Waals surface area contributed by atoms with E-state index >= 15 is 0 Å². The lowest BCUT2D eigenvalue weighted by Gasteiger charge is -2.01. The number of hydrogen-bond acceptors (Lipinski definition) is 3. The molecular weight excluding hydrogens is 242 g/mol. The summed E-state index contributed by atoms with van der Waals surface area (Å²) in [5, 5.41) is 9.36. The second kappa shape index (κ2) is 3.89. The third-order valence-electron chi connectivity index (χ3n) is 2.62. The Morgan fingerprint density at radius 2 is 2.12 bits per heavy atom. The Morgan fingerprint density at radius 3 is 2.71 bits per heavy atom. The number of fused-ring (bicyclic) bond motifs is 1. The molecule has 0 fully saturated rings. The molecule has 2 rings (SSSR count). The van der Waals surface area contributed by atoms with Crippen LogP contribution in [-0.2, 0) is 9.84 Å². The van der Waals surface area contributed by atoms with Crippen LogP contribution in [0.5, 0.6) is 0 Å². The summed E-state index contributed by atoms with van der Waals surface area (Å²) < 4.78 is 23.4. The van der Waals surface area contributed by atoms with E-state index in [1.807, 2.05) is 0 Å². The van der Waals surface area contributed by atoms with E-state index < -0.39 is 15.8 Å². The van der Waals surface area contributed by atoms with Crippen molar-refractivity contribution >= 4 is 26.7 Å². The Hall–Kier alpha value is -1.82. The lowest BCUT2D eigenvalue weighted by molar-refractivity contribution is 0.0699. The molecule has 5 nitrogen and oxygen atoms in total. The van der Waals surface area contributed by atoms with Gasteiger partial charge in [-0.3, -0.25) is 0 Å². The average Bonchev–Trinajstić information content (AvgIpc) is 2.71. The molecule has 1 heterocycles. The number of rotatable bonds is 3. The molecule has 6 heteroatoms. The van der Waals surface area contributed by atoms with Gasteiger partial charge in [0.15, 0.2) is 9.84 Å². The van der Waals surface area contributed by atoms with Gasteiger partial charge in [-0.1, -0.05) is 6.92 Å². The highest BCUT2D eigenvalue weighted by atomic mass is 32.2. The number of aromatic carboxylic acids is 1. The summed E-state index contributed by atoms with van der Waals surface area (Å²) in [6.45, 7) is 1.55. The van der Waals surface area contributed by atoms with Crippen LogP contribution in [0.15, 0.2) is 29.3 Å². The molecule has 1 aromatic carbocycles. The molecule has 2 aromatic rings. The number of benzene rings is 1. The summed E-state index contributed by atoms with van der Waals surface area (Å²) in [7, 11) is -3.32. The van der Waals surface area contributed by atoms with Crippen LogP contribution in [0.2, 0.25) is 0 Å². The monoisotopic (exact) mass is 253 g/mol. The predicted molar refractivity (Wildman–Crippen MR) is 63.0 cm³/mol. The highest BCUT2D eigenvalue weighted by molar-refractivity contribution is 7.91. The van der Waals surface area contributed by atoms with E-state index in [0.29, 0.717) is 10.9 Å². The SMILES string of the molecule is CCS(=O)(=O)c1ccc2[nH]cc(C(=O)O)c2c1. The van der Waals surface area contributed by atoms with E-state index in [-0.39, 0.29) is 16.2 Å². The van der Waals surface area contributed by atoms with Crippen molar-refractivity contribution in [3.05, 3.63) is 30.0 Å². The van der Waals surface area contributed by atoms with Gasteiger partial charge in [-0.2, -0.15) is 0 Å². The molecule has 0 unspecified atom stereocenters. The van der Waals surface area contributed by atoms with E-state index in [0.717, 1.165) is 0 Å². The van der Waals surface area contributed by atoms with E-state index in [1.165, 1.54) is 18.3 Å². The summed E-state index contributed by atoms with van der Waals surface area (Å²) in [4.78, 5) is 13.9. The van der Waals surface area contributed by atoms with Crippen molar-refractivity contribution in [1.29, 1.82) is 0 Å². The minimum Gasteiger partial charge on any atom is -0.478 e. The zero-order chi connectivity index (χ0) is 12.6. The Balaban J connectivity index is 2.72. The topological polar surface area (TPSA) is 87.2 Å². The molecule has 0 aliphatic carbocycles. The first kappa shape index (κ1) is 11.7. The number of hydrogen-bond donors (Lipinski definition) is 2. The number of aromatic nitrogens is 1. The fourth-order valence-electron chi connectivity index (χ4n) is 1.64. The van der Waals surface area contributed by atoms with Gasteiger partial charge in [0.05, 0.1) is 16.2 Å². The van der Waals surface area contributed by atoms with Crippen molar-refractivity contribution in [3.63, 3.8) is 0 Å². The molecule has 17 heavy (non-hydrogen) atoms. The number of sulfone groups is 1. The number of aromatic amines is 1. The van der Waals surface area contributed by atoms with Gasteiger partial charge in [0, 0.05) is 17.1 Å². The summed E-state index contributed by atoms with van der Waals surface area (Å²) in [6.07, 6.45) is 1.36. The smallest absolute Gasteiger partial charge is 0.337 e. The van der Waals surface area contributed by atoms with Gasteiger partial charge < -0.3 is 10.1 Å². The van der Waals surface area contributed by atoms with E-state index in [9.17, 15) is 13.2 Å². The number of nitrogens with one attached hydrogen (secondary N) is 1. The second-order valence-electron chi connectivity index (χ2n) is 3.62. The Labute approximate surface area is 98.0 Å². The zero-order valence-corrected chi connectivity index (χ0v) is 9.91. The summed E-state index contributed by atoms with van der Waals surface area (Å²) in [5.74, 6) is -1.09. The van der Waals surface area contributed by atoms with Crippen molar-refractivity contribution in [2.45, 2.75) is 11.8 Å². The fourth-order valence-corrected chi connectivity index (χ4v) is 2.54. The maximum absolute atomic E-state index is 11.7. The van der Waals surface area contributed by atoms with Crippen LogP contribution in [0.25, 0.3) is 10.9 Å². The van der Waals surface area contributed by atoms with Gasteiger partial charge in [-0.25, -0.2) is 13.2 Å². The van der Waals surface area contributed by atoms with Gasteiger partial charge in [0.1, 0.15) is 0 Å². The molecule has 2 N–H and O–H groups in total. The first-order valence-corrected chi connectivity index (χ1v) is 6.68. The van der Waals surface area contributed by atoms with Crippen molar-refractivity contribution < 1.29 is 18.3 Å². The van der Waals surface area contributed by atoms with Gasteiger partial charge in [0.25, 0.3) is 0 Å². The molecular formula is C11H11NO4S. The number of H-pyrrole nitrogens is 1. The van der Waals surface area contributed by atoms with Crippen molar-refractivity contribution in [1.82, 2.24) is 4.98 Å². The first-order valence-electron chi connectivity index (χ1n) is 5.03. The van der Waals surface area contributed by atoms with Crippen molar-refractivity contribution in [2.24, 2.45) is 0 Å². The molecule has 1 aromatic heterocycles. The molecule has 0 radical (unpaired) electrons. The number of carbonyl (C=O) groups is 1. The van der Waals surface area contributed by atoms with Crippen molar-refractivity contribution in [3.8, 4) is 0 Å². The van der Waals surface area contributed by atoms with Crippen LogP contribution in [0.3, 0.4) is 0 Å². The summed E-state index contributed by atoms with van der Waals surface area (Å²) >= 11 is 0. The van der Waals surface area contributed by atoms with Crippen molar-refractivity contribution in [2.75, 3.05) is 5.75 Å². The van der Waals surface area contributed by atoms with Gasteiger partial charge in [0.2, 0.25) is 0 Å². The molecule has 0 aliphatic rings. The van der Waals surface area contributed by atoms with Crippen LogP contribution in [-0.4, -0.2) is 30.2 Å². The zero-order valence-electron chi connectivity index (χ0n) is 9.10. The van der Waals surface area contributed by atoms with E-state index in [2.05, 4.69) is 4.98 Å². The molecule has 0 aliphatic heterocycles. The average molecular weight is 253 g/mol. The van der Waals surface area contributed by atoms with Gasteiger partial charge >= 0.3 is 5.97 Å². The Bertz CT molecular complexity index is 685. The molecule has 0 amide bonds. The number of carboxylic acids is 1. The van der Waals surface area contributed by atoms with Crippen LogP contribution in [0, 0.1) is 0 Å². The Morgan fingerprint density at radius 1 is 1.41 bits per heavy atom. The van der Waals surface area contributed by atoms with E-state index in [1.54, 1.807) is 13.0 Å². The first-order chi connectivity index (χ1) is 7.95. The quantitative estimate of drug-likeness (QED) is 0.870. The summed E-state index contributed by atoms with van der Waals surface area (Å²) in [5.41, 5.74) is 0.686. The normalized spacial score (nSPS) is 11.8. The highest BCUT2D eigenvalue weighted by Crippen LogP contribution is 2.22. The second-order valence-corrected chi connectivity index (χ2v) is 5.90. The molecule has 0 bridgehead atoms. The maximum atomic E-state index is 11.7. The predicted octanol–water partition coefficient (Wildman–Crippen LogP) is 1.66. The van der Waals surface area contributed by atoms with Crippen LogP contribution in [0.1, 0.15) is 17.3 Å². The minimum absolute atomic E-state index is 0.00860. The molecule has 0 saturated heterocycles. The van der Waals surface area contributed by atoms with Crippen LogP contribution < -0.4 is 0 Å².